The molecule has 1 N–H and O–H groups in total. The summed E-state index contributed by atoms with van der Waals surface area (Å²) < 4.78 is 14.7. The number of nitriles is 1. The molecule has 2 aromatic heterocycles. The molecule has 1 amide bonds. The van der Waals surface area contributed by atoms with Gasteiger partial charge in [0.15, 0.2) is 5.82 Å². The summed E-state index contributed by atoms with van der Waals surface area (Å²) in [5, 5.41) is 12.0. The number of halogens is 1. The topological polar surface area (TPSA) is 86.8 Å². The summed E-state index contributed by atoms with van der Waals surface area (Å²) in [5.74, 6) is -0.0328. The zero-order valence-electron chi connectivity index (χ0n) is 15.3. The number of carbonyl (C=O) groups is 1. The van der Waals surface area contributed by atoms with E-state index < -0.39 is 0 Å². The van der Waals surface area contributed by atoms with Crippen molar-refractivity contribution in [3.05, 3.63) is 77.8 Å². The van der Waals surface area contributed by atoms with E-state index in [1.54, 1.807) is 35.0 Å². The van der Waals surface area contributed by atoms with Crippen LogP contribution in [0.5, 0.6) is 0 Å². The molecule has 0 radical (unpaired) electrons. The Labute approximate surface area is 162 Å². The molecular formula is C20H19FN6O. The van der Waals surface area contributed by atoms with E-state index >= 15 is 0 Å². The molecule has 0 aliphatic heterocycles. The number of anilines is 1. The minimum Gasteiger partial charge on any atom is -0.319 e. The molecule has 0 aliphatic rings. The molecule has 3 aromatic rings. The lowest BCUT2D eigenvalue weighted by Gasteiger charge is -2.17. The van der Waals surface area contributed by atoms with E-state index in [2.05, 4.69) is 20.2 Å². The molecule has 0 spiro atoms. The second kappa shape index (κ2) is 8.88. The molecule has 28 heavy (non-hydrogen) atoms. The van der Waals surface area contributed by atoms with Gasteiger partial charge in [0, 0.05) is 43.8 Å². The summed E-state index contributed by atoms with van der Waals surface area (Å²) in [5.41, 5.74) is 1.46. The Balaban J connectivity index is 1.60. The molecule has 0 fully saturated rings. The molecule has 0 bridgehead atoms. The van der Waals surface area contributed by atoms with Crippen LogP contribution in [0, 0.1) is 17.1 Å². The maximum absolute atomic E-state index is 13.0. The average molecular weight is 378 g/mol. The van der Waals surface area contributed by atoms with Gasteiger partial charge in [-0.3, -0.25) is 9.78 Å². The number of benzene rings is 1. The number of pyridine rings is 1. The van der Waals surface area contributed by atoms with Gasteiger partial charge in [-0.1, -0.05) is 12.1 Å². The van der Waals surface area contributed by atoms with Crippen LogP contribution in [0.4, 0.5) is 10.2 Å². The zero-order valence-corrected chi connectivity index (χ0v) is 15.3. The van der Waals surface area contributed by atoms with E-state index in [9.17, 15) is 14.4 Å². The molecule has 1 aromatic carbocycles. The minimum absolute atomic E-state index is 0.222. The number of carbonyl (C=O) groups excluding carboxylic acids is 1. The van der Waals surface area contributed by atoms with Crippen molar-refractivity contribution < 1.29 is 9.18 Å². The van der Waals surface area contributed by atoms with Crippen molar-refractivity contribution in [2.24, 2.45) is 0 Å². The number of rotatable bonds is 7. The monoisotopic (exact) mass is 378 g/mol. The lowest BCUT2D eigenvalue weighted by Crippen LogP contribution is -2.23. The summed E-state index contributed by atoms with van der Waals surface area (Å²) in [6.45, 7) is 1.83. The summed E-state index contributed by atoms with van der Waals surface area (Å²) in [6.07, 6.45) is 4.71. The molecule has 0 saturated heterocycles. The van der Waals surface area contributed by atoms with Crippen molar-refractivity contribution in [3.63, 3.8) is 0 Å². The Hall–Kier alpha value is -3.57. The van der Waals surface area contributed by atoms with E-state index in [0.29, 0.717) is 31.0 Å². The number of aromatic nitrogens is 3. The van der Waals surface area contributed by atoms with Crippen LogP contribution in [0.2, 0.25) is 0 Å². The number of nitrogens with one attached hydrogen (secondary N) is 1. The van der Waals surface area contributed by atoms with Gasteiger partial charge in [0.05, 0.1) is 0 Å². The first-order valence-corrected chi connectivity index (χ1v) is 8.67. The number of nitrogens with zero attached hydrogens (tertiary/aromatic N) is 5. The highest BCUT2D eigenvalue weighted by Gasteiger charge is 2.12. The third-order valence-corrected chi connectivity index (χ3v) is 4.15. The molecule has 142 valence electrons. The van der Waals surface area contributed by atoms with Gasteiger partial charge >= 0.3 is 0 Å². The van der Waals surface area contributed by atoms with E-state index in [1.165, 1.54) is 24.5 Å². The van der Waals surface area contributed by atoms with Gasteiger partial charge in [-0.2, -0.15) is 5.26 Å². The highest BCUT2D eigenvalue weighted by Crippen LogP contribution is 2.11. The third-order valence-electron chi connectivity index (χ3n) is 4.15. The Kier molecular flexibility index (Phi) is 6.09. The van der Waals surface area contributed by atoms with Crippen LogP contribution in [0.25, 0.3) is 0 Å². The smallest absolute Gasteiger partial charge is 0.256 e. The third kappa shape index (κ3) is 4.99. The van der Waals surface area contributed by atoms with E-state index in [4.69, 9.17) is 0 Å². The zero-order chi connectivity index (χ0) is 19.9. The van der Waals surface area contributed by atoms with Crippen molar-refractivity contribution in [2.45, 2.75) is 13.1 Å². The molecule has 7 nitrogen and oxygen atoms in total. The normalized spacial score (nSPS) is 10.6. The molecular weight excluding hydrogens is 359 g/mol. The highest BCUT2D eigenvalue weighted by atomic mass is 19.1. The minimum atomic E-state index is -0.315. The highest BCUT2D eigenvalue weighted by molar-refractivity contribution is 6.03. The fourth-order valence-corrected chi connectivity index (χ4v) is 2.69. The van der Waals surface area contributed by atoms with E-state index in [0.717, 1.165) is 5.56 Å². The number of imidazole rings is 1. The second-order valence-electron chi connectivity index (χ2n) is 6.31. The maximum Gasteiger partial charge on any atom is 0.256 e. The number of hydrogen-bond donors (Lipinski definition) is 1. The van der Waals surface area contributed by atoms with Gasteiger partial charge in [0.25, 0.3) is 5.91 Å². The lowest BCUT2D eigenvalue weighted by atomic mass is 10.2. The van der Waals surface area contributed by atoms with Crippen LogP contribution in [-0.4, -0.2) is 38.9 Å². The van der Waals surface area contributed by atoms with Crippen molar-refractivity contribution in [1.29, 1.82) is 5.26 Å². The van der Waals surface area contributed by atoms with E-state index in [-0.39, 0.29) is 17.5 Å². The van der Waals surface area contributed by atoms with Crippen molar-refractivity contribution in [1.82, 2.24) is 19.4 Å². The molecule has 8 heteroatoms. The van der Waals surface area contributed by atoms with Gasteiger partial charge in [-0.05, 0) is 36.9 Å². The second-order valence-corrected chi connectivity index (χ2v) is 6.31. The molecule has 2 heterocycles. The first-order valence-electron chi connectivity index (χ1n) is 8.67. The number of likely N-dealkylation sites (N-methyl/N-ethyl adjacent to an activating group) is 1. The average Bonchev–Trinajstić information content (AvgIpc) is 3.10. The Morgan fingerprint density at radius 1 is 1.25 bits per heavy atom. The summed E-state index contributed by atoms with van der Waals surface area (Å²) in [6, 6.07) is 11.6. The number of hydrogen-bond acceptors (Lipinski definition) is 5. The molecule has 0 unspecified atom stereocenters. The lowest BCUT2D eigenvalue weighted by molar-refractivity contribution is 0.102. The maximum atomic E-state index is 13.0. The molecule has 0 atom stereocenters. The van der Waals surface area contributed by atoms with Crippen molar-refractivity contribution in [2.75, 3.05) is 18.9 Å². The van der Waals surface area contributed by atoms with Crippen LogP contribution in [0.1, 0.15) is 21.7 Å². The van der Waals surface area contributed by atoms with Crippen LogP contribution in [0.3, 0.4) is 0 Å². The Morgan fingerprint density at radius 2 is 1.96 bits per heavy atom. The quantitative estimate of drug-likeness (QED) is 0.683. The van der Waals surface area contributed by atoms with Crippen LogP contribution >= 0.6 is 0 Å². The standard InChI is InChI=1S/C20H19FN6O/c1-26(13-15-2-4-17(21)5-3-15)10-11-27-14-18(24-19(27)12-22)25-20(28)16-6-8-23-9-7-16/h2-9,14H,10-11,13H2,1H3,(H,25,28). The number of amides is 1. The van der Waals surface area contributed by atoms with Crippen LogP contribution in [-0.2, 0) is 13.1 Å². The van der Waals surface area contributed by atoms with Gasteiger partial charge in [0.1, 0.15) is 11.9 Å². The van der Waals surface area contributed by atoms with Gasteiger partial charge in [0.2, 0.25) is 5.82 Å². The fraction of sp³-hybridized carbons (Fsp3) is 0.200. The van der Waals surface area contributed by atoms with E-state index in [1.807, 2.05) is 13.1 Å². The molecule has 3 rings (SSSR count). The summed E-state index contributed by atoms with van der Waals surface area (Å²) >= 11 is 0. The summed E-state index contributed by atoms with van der Waals surface area (Å²) in [4.78, 5) is 22.3. The summed E-state index contributed by atoms with van der Waals surface area (Å²) in [7, 11) is 1.94. The fourth-order valence-electron chi connectivity index (χ4n) is 2.69. The Morgan fingerprint density at radius 3 is 2.64 bits per heavy atom. The molecule has 0 aliphatic carbocycles. The van der Waals surface area contributed by atoms with Gasteiger partial charge in [-0.25, -0.2) is 9.37 Å². The van der Waals surface area contributed by atoms with Crippen molar-refractivity contribution >= 4 is 11.7 Å². The Bertz CT molecular complexity index is 978. The first-order chi connectivity index (χ1) is 13.5. The van der Waals surface area contributed by atoms with Crippen molar-refractivity contribution in [3.8, 4) is 6.07 Å². The molecule has 0 saturated carbocycles. The van der Waals surface area contributed by atoms with Crippen LogP contribution in [0.15, 0.2) is 55.0 Å². The first kappa shape index (κ1) is 19.2. The predicted molar refractivity (Wildman–Crippen MR) is 102 cm³/mol. The SMILES string of the molecule is CN(CCn1cc(NC(=O)c2ccncc2)nc1C#N)Cc1ccc(F)cc1. The van der Waals surface area contributed by atoms with Gasteiger partial charge in [-0.15, -0.1) is 0 Å². The predicted octanol–water partition coefficient (Wildman–Crippen LogP) is 2.67. The van der Waals surface area contributed by atoms with Gasteiger partial charge < -0.3 is 14.8 Å². The largest absolute Gasteiger partial charge is 0.319 e. The van der Waals surface area contributed by atoms with Crippen LogP contribution < -0.4 is 5.32 Å².